The number of β-amino-alcohol motifs (C(OH)–C–C–N with tert-alkyl or cyclic N) is 1. The molecule has 0 bridgehead atoms. The lowest BCUT2D eigenvalue weighted by atomic mass is 9.93. The van der Waals surface area contributed by atoms with Gasteiger partial charge in [-0.2, -0.15) is 5.10 Å². The van der Waals surface area contributed by atoms with Crippen molar-refractivity contribution in [3.8, 4) is 5.69 Å². The molecule has 3 amide bonds. The van der Waals surface area contributed by atoms with E-state index in [0.717, 1.165) is 30.4 Å². The van der Waals surface area contributed by atoms with Crippen molar-refractivity contribution in [3.63, 3.8) is 0 Å². The van der Waals surface area contributed by atoms with E-state index in [2.05, 4.69) is 24.4 Å². The molecule has 0 spiro atoms. The highest BCUT2D eigenvalue weighted by molar-refractivity contribution is 5.96. The molecule has 10 heteroatoms. The molecular weight excluding hydrogens is 523 g/mol. The second kappa shape index (κ2) is 9.95. The number of rotatable bonds is 4. The zero-order valence-corrected chi connectivity index (χ0v) is 22.8. The second-order valence-corrected chi connectivity index (χ2v) is 11.3. The van der Waals surface area contributed by atoms with E-state index >= 15 is 4.39 Å². The van der Waals surface area contributed by atoms with E-state index in [-0.39, 0.29) is 30.2 Å². The molecule has 41 heavy (non-hydrogen) atoms. The van der Waals surface area contributed by atoms with Gasteiger partial charge >= 0.3 is 6.03 Å². The monoisotopic (exact) mass is 554 g/mol. The van der Waals surface area contributed by atoms with Gasteiger partial charge in [0.15, 0.2) is 5.82 Å². The highest BCUT2D eigenvalue weighted by Crippen LogP contribution is 2.43. The first-order valence-corrected chi connectivity index (χ1v) is 14.2. The Hall–Kier alpha value is -4.31. The van der Waals surface area contributed by atoms with Crippen LogP contribution in [0.5, 0.6) is 0 Å². The van der Waals surface area contributed by atoms with Gasteiger partial charge in [0.2, 0.25) is 0 Å². The third-order valence-electron chi connectivity index (χ3n) is 8.49. The maximum absolute atomic E-state index is 15.3. The summed E-state index contributed by atoms with van der Waals surface area (Å²) in [4.78, 5) is 34.3. The standard InChI is InChI=1S/C31H31FN6O3/c1-18-23-5-3-2-4-19(23)10-13-37(18)30(40)26-15-24(20-6-7-20)29-27(34-26)17-38(35-29)28-9-8-21(14-25(28)32)33-31(41)36-12-11-22(39)16-36/h2-5,8-9,14-15,17-18,20,22,39H,6-7,10-13,16H2,1H3,(H,33,41). The average Bonchev–Trinajstić information content (AvgIpc) is 3.58. The van der Waals surface area contributed by atoms with E-state index in [0.29, 0.717) is 47.8 Å². The number of halogens is 1. The lowest BCUT2D eigenvalue weighted by Gasteiger charge is -2.35. The molecule has 2 aliphatic heterocycles. The first-order valence-electron chi connectivity index (χ1n) is 14.2. The topological polar surface area (TPSA) is 104 Å². The van der Waals surface area contributed by atoms with Crippen LogP contribution >= 0.6 is 0 Å². The molecule has 9 nitrogen and oxygen atoms in total. The van der Waals surface area contributed by atoms with Gasteiger partial charge in [-0.25, -0.2) is 18.9 Å². The molecule has 2 aromatic carbocycles. The number of carbonyl (C=O) groups excluding carboxylic acids is 2. The van der Waals surface area contributed by atoms with E-state index in [1.54, 1.807) is 18.3 Å². The van der Waals surface area contributed by atoms with Crippen molar-refractivity contribution in [1.82, 2.24) is 24.6 Å². The molecule has 0 radical (unpaired) electrons. The van der Waals surface area contributed by atoms with Crippen LogP contribution in [0.2, 0.25) is 0 Å². The normalized spacial score (nSPS) is 20.4. The van der Waals surface area contributed by atoms with Gasteiger partial charge in [-0.05, 0) is 79.5 Å². The number of amides is 3. The Kier molecular flexibility index (Phi) is 6.23. The molecule has 2 aromatic heterocycles. The number of likely N-dealkylation sites (tertiary alicyclic amines) is 1. The molecular formula is C31H31FN6O3. The van der Waals surface area contributed by atoms with Crippen molar-refractivity contribution in [1.29, 1.82) is 0 Å². The Morgan fingerprint density at radius 3 is 2.63 bits per heavy atom. The Morgan fingerprint density at radius 1 is 1.05 bits per heavy atom. The maximum atomic E-state index is 15.3. The molecule has 1 saturated carbocycles. The lowest BCUT2D eigenvalue weighted by Crippen LogP contribution is -2.39. The third-order valence-corrected chi connectivity index (χ3v) is 8.49. The maximum Gasteiger partial charge on any atom is 0.321 e. The number of hydrogen-bond acceptors (Lipinski definition) is 5. The highest BCUT2D eigenvalue weighted by atomic mass is 19.1. The molecule has 3 aliphatic rings. The lowest BCUT2D eigenvalue weighted by molar-refractivity contribution is 0.0672. The van der Waals surface area contributed by atoms with Gasteiger partial charge in [-0.1, -0.05) is 24.3 Å². The number of nitrogens with one attached hydrogen (secondary N) is 1. The number of fused-ring (bicyclic) bond motifs is 2. The Labute approximate surface area is 236 Å². The van der Waals surface area contributed by atoms with Gasteiger partial charge in [0.05, 0.1) is 18.3 Å². The predicted molar refractivity (Wildman–Crippen MR) is 152 cm³/mol. The van der Waals surface area contributed by atoms with Crippen LogP contribution in [0.3, 0.4) is 0 Å². The van der Waals surface area contributed by atoms with Gasteiger partial charge in [-0.15, -0.1) is 0 Å². The van der Waals surface area contributed by atoms with Gasteiger partial charge in [0.1, 0.15) is 22.4 Å². The highest BCUT2D eigenvalue weighted by Gasteiger charge is 2.33. The van der Waals surface area contributed by atoms with Gasteiger partial charge in [-0.3, -0.25) is 4.79 Å². The molecule has 4 aromatic rings. The van der Waals surface area contributed by atoms with E-state index in [9.17, 15) is 14.7 Å². The van der Waals surface area contributed by atoms with Crippen LogP contribution < -0.4 is 5.32 Å². The number of benzene rings is 2. The van der Waals surface area contributed by atoms with Crippen molar-refractivity contribution >= 4 is 28.7 Å². The molecule has 1 saturated heterocycles. The van der Waals surface area contributed by atoms with Gasteiger partial charge in [0.25, 0.3) is 5.91 Å². The van der Waals surface area contributed by atoms with E-state index < -0.39 is 11.9 Å². The van der Waals surface area contributed by atoms with Crippen LogP contribution in [0, 0.1) is 5.82 Å². The number of pyridine rings is 1. The number of aliphatic hydroxyl groups excluding tert-OH is 1. The quantitative estimate of drug-likeness (QED) is 0.378. The zero-order valence-electron chi connectivity index (χ0n) is 22.8. The fourth-order valence-corrected chi connectivity index (χ4v) is 6.06. The van der Waals surface area contributed by atoms with Gasteiger partial charge in [0, 0.05) is 25.3 Å². The smallest absolute Gasteiger partial charge is 0.321 e. The summed E-state index contributed by atoms with van der Waals surface area (Å²) in [5.74, 6) is -0.357. The summed E-state index contributed by atoms with van der Waals surface area (Å²) in [5.41, 5.74) is 5.55. The summed E-state index contributed by atoms with van der Waals surface area (Å²) >= 11 is 0. The number of anilines is 1. The van der Waals surface area contributed by atoms with Crippen molar-refractivity contribution in [2.24, 2.45) is 0 Å². The summed E-state index contributed by atoms with van der Waals surface area (Å²) in [7, 11) is 0. The summed E-state index contributed by atoms with van der Waals surface area (Å²) in [6, 6.07) is 14.1. The second-order valence-electron chi connectivity index (χ2n) is 11.3. The number of carbonyl (C=O) groups is 2. The molecule has 2 N–H and O–H groups in total. The van der Waals surface area contributed by atoms with E-state index in [1.165, 1.54) is 21.2 Å². The summed E-state index contributed by atoms with van der Waals surface area (Å²) in [6.45, 7) is 3.40. The summed E-state index contributed by atoms with van der Waals surface area (Å²) in [5, 5.41) is 17.1. The zero-order chi connectivity index (χ0) is 28.2. The third kappa shape index (κ3) is 4.72. The summed E-state index contributed by atoms with van der Waals surface area (Å²) in [6.07, 6.45) is 4.50. The minimum absolute atomic E-state index is 0.0549. The fraction of sp³-hybridized carbons (Fsp3) is 0.355. The Balaban J connectivity index is 1.17. The van der Waals surface area contributed by atoms with E-state index in [1.807, 2.05) is 23.1 Å². The minimum atomic E-state index is -0.554. The molecule has 1 aliphatic carbocycles. The van der Waals surface area contributed by atoms with Crippen molar-refractivity contribution in [2.75, 3.05) is 25.0 Å². The van der Waals surface area contributed by atoms with E-state index in [4.69, 9.17) is 10.1 Å². The van der Waals surface area contributed by atoms with Crippen molar-refractivity contribution < 1.29 is 19.1 Å². The molecule has 4 heterocycles. The number of aliphatic hydroxyl groups is 1. The Morgan fingerprint density at radius 2 is 1.88 bits per heavy atom. The Bertz CT molecular complexity index is 1680. The van der Waals surface area contributed by atoms with Crippen LogP contribution in [-0.2, 0) is 6.42 Å². The molecule has 2 fully saturated rings. The van der Waals surface area contributed by atoms with Crippen molar-refractivity contribution in [2.45, 2.75) is 50.7 Å². The average molecular weight is 555 g/mol. The van der Waals surface area contributed by atoms with Crippen LogP contribution in [0.1, 0.15) is 65.3 Å². The van der Waals surface area contributed by atoms with Crippen molar-refractivity contribution in [3.05, 3.63) is 82.9 Å². The van der Waals surface area contributed by atoms with Crippen LogP contribution in [0.4, 0.5) is 14.9 Å². The first-order chi connectivity index (χ1) is 19.9. The largest absolute Gasteiger partial charge is 0.391 e. The first kappa shape index (κ1) is 25.6. The number of nitrogens with zero attached hydrogens (tertiary/aromatic N) is 5. The molecule has 210 valence electrons. The number of urea groups is 1. The fourth-order valence-electron chi connectivity index (χ4n) is 6.06. The molecule has 7 rings (SSSR count). The van der Waals surface area contributed by atoms with Crippen LogP contribution in [-0.4, -0.2) is 67.3 Å². The number of hydrogen-bond donors (Lipinski definition) is 2. The predicted octanol–water partition coefficient (Wildman–Crippen LogP) is 4.80. The molecule has 2 unspecified atom stereocenters. The minimum Gasteiger partial charge on any atom is -0.391 e. The van der Waals surface area contributed by atoms with Gasteiger partial charge < -0.3 is 20.2 Å². The summed E-state index contributed by atoms with van der Waals surface area (Å²) < 4.78 is 16.7. The molecule has 2 atom stereocenters. The van der Waals surface area contributed by atoms with Crippen LogP contribution in [0.15, 0.2) is 54.7 Å². The number of aromatic nitrogens is 3. The van der Waals surface area contributed by atoms with Crippen LogP contribution in [0.25, 0.3) is 16.7 Å². The SMILES string of the molecule is CC1c2ccccc2CCN1C(=O)c1cc(C2CC2)c2nn(-c3ccc(NC(=O)N4CCC(O)C4)cc3F)cc2n1.